The maximum atomic E-state index is 12.7. The summed E-state index contributed by atoms with van der Waals surface area (Å²) in [5.74, 6) is 2.05. The third kappa shape index (κ3) is 4.86. The molecule has 2 fully saturated rings. The highest BCUT2D eigenvalue weighted by molar-refractivity contribution is 5.79. The summed E-state index contributed by atoms with van der Waals surface area (Å²) in [6.07, 6.45) is 4.26. The molecule has 29 heavy (non-hydrogen) atoms. The Bertz CT molecular complexity index is 837. The topological polar surface area (TPSA) is 52.6 Å². The molecule has 0 radical (unpaired) electrons. The Kier molecular flexibility index (Phi) is 5.97. The van der Waals surface area contributed by atoms with Gasteiger partial charge < -0.3 is 14.7 Å². The number of rotatable bonds is 4. The van der Waals surface area contributed by atoms with Crippen LogP contribution in [-0.2, 0) is 11.2 Å². The molecule has 0 bridgehead atoms. The van der Waals surface area contributed by atoms with Gasteiger partial charge in [-0.1, -0.05) is 29.8 Å². The summed E-state index contributed by atoms with van der Waals surface area (Å²) < 4.78 is 0. The molecule has 0 atom stereocenters. The summed E-state index contributed by atoms with van der Waals surface area (Å²) >= 11 is 0. The molecule has 1 amide bonds. The quantitative estimate of drug-likeness (QED) is 0.799. The monoisotopic (exact) mass is 393 g/mol. The zero-order valence-corrected chi connectivity index (χ0v) is 17.6. The van der Waals surface area contributed by atoms with Crippen LogP contribution in [0.3, 0.4) is 0 Å². The van der Waals surface area contributed by atoms with Gasteiger partial charge in [-0.2, -0.15) is 4.98 Å². The molecule has 0 unspecified atom stereocenters. The Hall–Kier alpha value is -2.63. The molecule has 2 aliphatic heterocycles. The minimum atomic E-state index is 0.202. The summed E-state index contributed by atoms with van der Waals surface area (Å²) in [7, 11) is 0. The lowest BCUT2D eigenvalue weighted by molar-refractivity contribution is -0.130. The first-order valence-corrected chi connectivity index (χ1v) is 10.8. The number of carbonyl (C=O) groups is 1. The number of piperazine rings is 1. The number of amides is 1. The lowest BCUT2D eigenvalue weighted by atomic mass is 10.1. The molecule has 2 saturated heterocycles. The fourth-order valence-electron chi connectivity index (χ4n) is 4.11. The van der Waals surface area contributed by atoms with Crippen molar-refractivity contribution in [2.75, 3.05) is 49.1 Å². The number of piperidine rings is 1. The van der Waals surface area contributed by atoms with Crippen molar-refractivity contribution in [3.05, 3.63) is 47.2 Å². The van der Waals surface area contributed by atoms with Gasteiger partial charge in [0.05, 0.1) is 6.42 Å². The van der Waals surface area contributed by atoms with Crippen LogP contribution in [0.5, 0.6) is 0 Å². The van der Waals surface area contributed by atoms with Gasteiger partial charge in [0, 0.05) is 51.0 Å². The van der Waals surface area contributed by atoms with Crippen molar-refractivity contribution >= 4 is 17.7 Å². The third-order valence-corrected chi connectivity index (χ3v) is 5.90. The standard InChI is InChI=1S/C23H31N5O/c1-18-6-8-20(9-7-18)17-22(29)27-12-14-28(15-13-27)23-24-19(2)16-21(25-23)26-10-4-3-5-11-26/h6-9,16H,3-5,10-15,17H2,1-2H3. The Morgan fingerprint density at radius 3 is 2.24 bits per heavy atom. The van der Waals surface area contributed by atoms with E-state index < -0.39 is 0 Å². The molecule has 2 aromatic rings. The lowest BCUT2D eigenvalue weighted by Crippen LogP contribution is -2.49. The van der Waals surface area contributed by atoms with Crippen LogP contribution in [0.1, 0.15) is 36.1 Å². The summed E-state index contributed by atoms with van der Waals surface area (Å²) in [6.45, 7) is 9.27. The normalized spacial score (nSPS) is 17.5. The zero-order valence-electron chi connectivity index (χ0n) is 17.6. The predicted octanol–water partition coefficient (Wildman–Crippen LogP) is 2.98. The summed E-state index contributed by atoms with van der Waals surface area (Å²) in [5.41, 5.74) is 3.31. The van der Waals surface area contributed by atoms with E-state index in [1.54, 1.807) is 0 Å². The Balaban J connectivity index is 1.37. The van der Waals surface area contributed by atoms with Crippen molar-refractivity contribution in [2.24, 2.45) is 0 Å². The molecule has 0 aliphatic carbocycles. The van der Waals surface area contributed by atoms with Crippen LogP contribution in [0.4, 0.5) is 11.8 Å². The van der Waals surface area contributed by atoms with E-state index in [-0.39, 0.29) is 5.91 Å². The van der Waals surface area contributed by atoms with E-state index in [4.69, 9.17) is 4.98 Å². The second-order valence-corrected chi connectivity index (χ2v) is 8.25. The van der Waals surface area contributed by atoms with Crippen molar-refractivity contribution in [1.82, 2.24) is 14.9 Å². The number of benzene rings is 1. The minimum Gasteiger partial charge on any atom is -0.356 e. The predicted molar refractivity (Wildman–Crippen MR) is 117 cm³/mol. The maximum Gasteiger partial charge on any atom is 0.227 e. The minimum absolute atomic E-state index is 0.202. The Labute approximate surface area is 173 Å². The molecule has 2 aliphatic rings. The highest BCUT2D eigenvalue weighted by atomic mass is 16.2. The molecule has 0 N–H and O–H groups in total. The third-order valence-electron chi connectivity index (χ3n) is 5.90. The number of anilines is 2. The van der Waals surface area contributed by atoms with Gasteiger partial charge in [-0.25, -0.2) is 4.98 Å². The van der Waals surface area contributed by atoms with Crippen LogP contribution >= 0.6 is 0 Å². The van der Waals surface area contributed by atoms with E-state index in [0.29, 0.717) is 6.42 Å². The van der Waals surface area contributed by atoms with Crippen molar-refractivity contribution in [1.29, 1.82) is 0 Å². The van der Waals surface area contributed by atoms with Gasteiger partial charge in [0.2, 0.25) is 11.9 Å². The summed E-state index contributed by atoms with van der Waals surface area (Å²) in [6, 6.07) is 10.3. The van der Waals surface area contributed by atoms with E-state index in [1.807, 2.05) is 24.0 Å². The van der Waals surface area contributed by atoms with E-state index >= 15 is 0 Å². The van der Waals surface area contributed by atoms with E-state index in [9.17, 15) is 4.79 Å². The molecular weight excluding hydrogens is 362 g/mol. The molecular formula is C23H31N5O. The smallest absolute Gasteiger partial charge is 0.227 e. The second-order valence-electron chi connectivity index (χ2n) is 8.25. The molecule has 0 spiro atoms. The number of hydrogen-bond acceptors (Lipinski definition) is 5. The van der Waals surface area contributed by atoms with Gasteiger partial charge in [-0.3, -0.25) is 4.79 Å². The zero-order chi connectivity index (χ0) is 20.2. The first kappa shape index (κ1) is 19.7. The van der Waals surface area contributed by atoms with E-state index in [0.717, 1.165) is 62.3 Å². The molecule has 3 heterocycles. The van der Waals surface area contributed by atoms with Crippen LogP contribution in [0.2, 0.25) is 0 Å². The van der Waals surface area contributed by atoms with Gasteiger partial charge in [-0.15, -0.1) is 0 Å². The van der Waals surface area contributed by atoms with Crippen LogP contribution in [0.25, 0.3) is 0 Å². The average molecular weight is 394 g/mol. The molecule has 154 valence electrons. The fraction of sp³-hybridized carbons (Fsp3) is 0.522. The number of aryl methyl sites for hydroxylation is 2. The average Bonchev–Trinajstić information content (AvgIpc) is 2.75. The van der Waals surface area contributed by atoms with Crippen molar-refractivity contribution < 1.29 is 4.79 Å². The van der Waals surface area contributed by atoms with Crippen molar-refractivity contribution in [2.45, 2.75) is 39.5 Å². The van der Waals surface area contributed by atoms with E-state index in [2.05, 4.69) is 39.9 Å². The number of carbonyl (C=O) groups excluding carboxylic acids is 1. The highest BCUT2D eigenvalue weighted by Crippen LogP contribution is 2.22. The van der Waals surface area contributed by atoms with Crippen molar-refractivity contribution in [3.8, 4) is 0 Å². The summed E-state index contributed by atoms with van der Waals surface area (Å²) in [5, 5.41) is 0. The van der Waals surface area contributed by atoms with Gasteiger partial charge in [0.1, 0.15) is 5.82 Å². The highest BCUT2D eigenvalue weighted by Gasteiger charge is 2.24. The molecule has 0 saturated carbocycles. The van der Waals surface area contributed by atoms with Gasteiger partial charge in [0.15, 0.2) is 0 Å². The van der Waals surface area contributed by atoms with Gasteiger partial charge in [-0.05, 0) is 38.7 Å². The molecule has 6 nitrogen and oxygen atoms in total. The van der Waals surface area contributed by atoms with Crippen LogP contribution in [-0.4, -0.2) is 60.0 Å². The van der Waals surface area contributed by atoms with E-state index in [1.165, 1.54) is 24.8 Å². The first-order valence-electron chi connectivity index (χ1n) is 10.8. The van der Waals surface area contributed by atoms with Crippen LogP contribution in [0.15, 0.2) is 30.3 Å². The fourth-order valence-corrected chi connectivity index (χ4v) is 4.11. The second kappa shape index (κ2) is 8.80. The Morgan fingerprint density at radius 1 is 0.862 bits per heavy atom. The number of nitrogens with zero attached hydrogens (tertiary/aromatic N) is 5. The van der Waals surface area contributed by atoms with Crippen LogP contribution in [0, 0.1) is 13.8 Å². The van der Waals surface area contributed by atoms with Crippen LogP contribution < -0.4 is 9.80 Å². The molecule has 1 aromatic carbocycles. The largest absolute Gasteiger partial charge is 0.356 e. The molecule has 6 heteroatoms. The molecule has 1 aromatic heterocycles. The SMILES string of the molecule is Cc1ccc(CC(=O)N2CCN(c3nc(C)cc(N4CCCCC4)n3)CC2)cc1. The Morgan fingerprint density at radius 2 is 1.55 bits per heavy atom. The van der Waals surface area contributed by atoms with Crippen molar-refractivity contribution in [3.63, 3.8) is 0 Å². The summed E-state index contributed by atoms with van der Waals surface area (Å²) in [4.78, 5) is 28.8. The lowest BCUT2D eigenvalue weighted by Gasteiger charge is -2.35. The van der Waals surface area contributed by atoms with Gasteiger partial charge >= 0.3 is 0 Å². The number of aromatic nitrogens is 2. The first-order chi connectivity index (χ1) is 14.1. The number of hydrogen-bond donors (Lipinski definition) is 0. The molecule has 4 rings (SSSR count). The maximum absolute atomic E-state index is 12.7. The van der Waals surface area contributed by atoms with Gasteiger partial charge in [0.25, 0.3) is 0 Å².